The van der Waals surface area contributed by atoms with E-state index in [9.17, 15) is 4.79 Å². The van der Waals surface area contributed by atoms with Gasteiger partial charge < -0.3 is 14.4 Å². The standard InChI is InChI=1S/C30H31N3O/c34-30(32-20-18-31(19-21-32)24-12-5-2-6-13-24)26-15-9-17-28-29(26)25-14-7-8-16-27(25)33(28)22-23-10-3-1-4-11-23/h1-8,10-14,16,26H,9,15,17-22H2. The van der Waals surface area contributed by atoms with Gasteiger partial charge in [0.2, 0.25) is 5.91 Å². The van der Waals surface area contributed by atoms with Crippen molar-refractivity contribution in [3.05, 3.63) is 102 Å². The fourth-order valence-electron chi connectivity index (χ4n) is 5.90. The molecule has 172 valence electrons. The van der Waals surface area contributed by atoms with Crippen LogP contribution in [0.2, 0.25) is 0 Å². The molecule has 2 heterocycles. The lowest BCUT2D eigenvalue weighted by atomic mass is 9.84. The van der Waals surface area contributed by atoms with E-state index in [0.29, 0.717) is 5.91 Å². The summed E-state index contributed by atoms with van der Waals surface area (Å²) >= 11 is 0. The van der Waals surface area contributed by atoms with Gasteiger partial charge in [-0.1, -0.05) is 66.7 Å². The number of amides is 1. The number of anilines is 1. The predicted octanol–water partition coefficient (Wildman–Crippen LogP) is 5.46. The molecule has 34 heavy (non-hydrogen) atoms. The molecule has 1 saturated heterocycles. The summed E-state index contributed by atoms with van der Waals surface area (Å²) in [5.74, 6) is 0.283. The van der Waals surface area contributed by atoms with Gasteiger partial charge in [0.15, 0.2) is 0 Å². The lowest BCUT2D eigenvalue weighted by Crippen LogP contribution is -2.50. The highest BCUT2D eigenvalue weighted by atomic mass is 16.2. The van der Waals surface area contributed by atoms with Gasteiger partial charge in [0.1, 0.15) is 0 Å². The number of rotatable bonds is 4. The second-order valence-corrected chi connectivity index (χ2v) is 9.54. The van der Waals surface area contributed by atoms with Crippen LogP contribution in [-0.4, -0.2) is 41.6 Å². The maximum Gasteiger partial charge on any atom is 0.230 e. The molecule has 2 aliphatic rings. The molecule has 4 aromatic rings. The average Bonchev–Trinajstić information content (AvgIpc) is 3.23. The number of hydrogen-bond donors (Lipinski definition) is 0. The molecular weight excluding hydrogens is 418 g/mol. The van der Waals surface area contributed by atoms with E-state index in [1.54, 1.807) is 0 Å². The minimum Gasteiger partial charge on any atom is -0.368 e. The Hall–Kier alpha value is -3.53. The summed E-state index contributed by atoms with van der Waals surface area (Å²) in [6.45, 7) is 4.23. The van der Waals surface area contributed by atoms with Gasteiger partial charge in [-0.05, 0) is 48.6 Å². The van der Waals surface area contributed by atoms with E-state index in [1.165, 1.54) is 33.4 Å². The third kappa shape index (κ3) is 3.77. The molecule has 1 atom stereocenters. The molecule has 1 fully saturated rings. The Kier molecular flexibility index (Phi) is 5.58. The van der Waals surface area contributed by atoms with Crippen LogP contribution in [0.3, 0.4) is 0 Å². The smallest absolute Gasteiger partial charge is 0.230 e. The Labute approximate surface area is 201 Å². The highest BCUT2D eigenvalue weighted by Crippen LogP contribution is 2.40. The van der Waals surface area contributed by atoms with Crippen molar-refractivity contribution in [2.75, 3.05) is 31.1 Å². The lowest BCUT2D eigenvalue weighted by Gasteiger charge is -2.38. The zero-order chi connectivity index (χ0) is 22.9. The second-order valence-electron chi connectivity index (χ2n) is 9.54. The molecule has 4 nitrogen and oxygen atoms in total. The van der Waals surface area contributed by atoms with Gasteiger partial charge >= 0.3 is 0 Å². The molecule has 3 aromatic carbocycles. The van der Waals surface area contributed by atoms with Crippen LogP contribution in [0, 0.1) is 0 Å². The van der Waals surface area contributed by atoms with Crippen molar-refractivity contribution in [1.82, 2.24) is 9.47 Å². The van der Waals surface area contributed by atoms with E-state index in [2.05, 4.69) is 99.3 Å². The minimum atomic E-state index is -0.0334. The van der Waals surface area contributed by atoms with Gasteiger partial charge in [0, 0.05) is 55.0 Å². The number of nitrogens with zero attached hydrogens (tertiary/aromatic N) is 3. The van der Waals surface area contributed by atoms with Gasteiger partial charge in [0.05, 0.1) is 5.92 Å². The van der Waals surface area contributed by atoms with Crippen molar-refractivity contribution in [1.29, 1.82) is 0 Å². The minimum absolute atomic E-state index is 0.0334. The lowest BCUT2D eigenvalue weighted by molar-refractivity contribution is -0.133. The Balaban J connectivity index is 1.29. The highest BCUT2D eigenvalue weighted by molar-refractivity contribution is 5.94. The zero-order valence-corrected chi connectivity index (χ0v) is 19.6. The molecule has 1 unspecified atom stereocenters. The number of hydrogen-bond acceptors (Lipinski definition) is 2. The van der Waals surface area contributed by atoms with Crippen molar-refractivity contribution in [2.45, 2.75) is 31.7 Å². The van der Waals surface area contributed by atoms with E-state index >= 15 is 0 Å². The zero-order valence-electron chi connectivity index (χ0n) is 19.6. The number of fused-ring (bicyclic) bond motifs is 3. The van der Waals surface area contributed by atoms with E-state index in [-0.39, 0.29) is 5.92 Å². The van der Waals surface area contributed by atoms with Crippen molar-refractivity contribution in [3.8, 4) is 0 Å². The molecule has 1 aliphatic carbocycles. The number of aromatic nitrogens is 1. The van der Waals surface area contributed by atoms with Crippen LogP contribution < -0.4 is 4.90 Å². The van der Waals surface area contributed by atoms with E-state index in [0.717, 1.165) is 52.0 Å². The first-order valence-corrected chi connectivity index (χ1v) is 12.5. The summed E-state index contributed by atoms with van der Waals surface area (Å²) < 4.78 is 2.47. The molecule has 1 amide bonds. The monoisotopic (exact) mass is 449 g/mol. The second kappa shape index (κ2) is 9.02. The molecule has 0 bridgehead atoms. The molecule has 1 aromatic heterocycles. The Bertz CT molecular complexity index is 1290. The van der Waals surface area contributed by atoms with Crippen molar-refractivity contribution >= 4 is 22.5 Å². The maximum absolute atomic E-state index is 13.9. The summed E-state index contributed by atoms with van der Waals surface area (Å²) in [5.41, 5.74) is 6.45. The first kappa shape index (κ1) is 21.0. The third-order valence-corrected chi connectivity index (χ3v) is 7.57. The number of carbonyl (C=O) groups excluding carboxylic acids is 1. The number of benzene rings is 3. The molecule has 0 saturated carbocycles. The summed E-state index contributed by atoms with van der Waals surface area (Å²) in [5, 5.41) is 1.26. The van der Waals surface area contributed by atoms with E-state index in [4.69, 9.17) is 0 Å². The Morgan fingerprint density at radius 3 is 2.24 bits per heavy atom. The number of piperazine rings is 1. The molecule has 0 N–H and O–H groups in total. The van der Waals surface area contributed by atoms with Gasteiger partial charge in [-0.25, -0.2) is 0 Å². The van der Waals surface area contributed by atoms with Gasteiger partial charge in [-0.15, -0.1) is 0 Å². The molecule has 0 radical (unpaired) electrons. The van der Waals surface area contributed by atoms with E-state index < -0.39 is 0 Å². The van der Waals surface area contributed by atoms with Crippen LogP contribution in [0.5, 0.6) is 0 Å². The highest BCUT2D eigenvalue weighted by Gasteiger charge is 2.35. The molecule has 4 heteroatoms. The molecule has 0 spiro atoms. The maximum atomic E-state index is 13.9. The third-order valence-electron chi connectivity index (χ3n) is 7.57. The summed E-state index contributed by atoms with van der Waals surface area (Å²) in [7, 11) is 0. The molecule has 6 rings (SSSR count). The average molecular weight is 450 g/mol. The summed E-state index contributed by atoms with van der Waals surface area (Å²) in [6, 6.07) is 29.9. The topological polar surface area (TPSA) is 28.5 Å². The molecule has 1 aliphatic heterocycles. The van der Waals surface area contributed by atoms with Crippen molar-refractivity contribution in [3.63, 3.8) is 0 Å². The normalized spacial score (nSPS) is 18.2. The number of carbonyl (C=O) groups is 1. The van der Waals surface area contributed by atoms with Crippen molar-refractivity contribution < 1.29 is 4.79 Å². The van der Waals surface area contributed by atoms with E-state index in [1.807, 2.05) is 0 Å². The van der Waals surface area contributed by atoms with Crippen LogP contribution >= 0.6 is 0 Å². The summed E-state index contributed by atoms with van der Waals surface area (Å²) in [4.78, 5) is 18.4. The fraction of sp³-hybridized carbons (Fsp3) is 0.300. The van der Waals surface area contributed by atoms with Gasteiger partial charge in [-0.3, -0.25) is 4.79 Å². The first-order valence-electron chi connectivity index (χ1n) is 12.5. The largest absolute Gasteiger partial charge is 0.368 e. The molecular formula is C30H31N3O. The number of para-hydroxylation sites is 2. The predicted molar refractivity (Wildman–Crippen MR) is 138 cm³/mol. The van der Waals surface area contributed by atoms with Crippen LogP contribution in [0.1, 0.15) is 35.6 Å². The van der Waals surface area contributed by atoms with Crippen molar-refractivity contribution in [2.24, 2.45) is 0 Å². The first-order chi connectivity index (χ1) is 16.8. The van der Waals surface area contributed by atoms with Crippen LogP contribution in [0.4, 0.5) is 5.69 Å². The van der Waals surface area contributed by atoms with Crippen LogP contribution in [0.15, 0.2) is 84.9 Å². The SMILES string of the molecule is O=C(C1CCCc2c1c1ccccc1n2Cc1ccccc1)N1CCN(c2ccccc2)CC1. The van der Waals surface area contributed by atoms with Gasteiger partial charge in [0.25, 0.3) is 0 Å². The Morgan fingerprint density at radius 2 is 1.47 bits per heavy atom. The summed E-state index contributed by atoms with van der Waals surface area (Å²) in [6.07, 6.45) is 3.06. The van der Waals surface area contributed by atoms with Gasteiger partial charge in [-0.2, -0.15) is 0 Å². The Morgan fingerprint density at radius 1 is 0.794 bits per heavy atom. The fourth-order valence-corrected chi connectivity index (χ4v) is 5.90. The van der Waals surface area contributed by atoms with Crippen LogP contribution in [0.25, 0.3) is 10.9 Å². The quantitative estimate of drug-likeness (QED) is 0.414. The van der Waals surface area contributed by atoms with Crippen LogP contribution in [-0.2, 0) is 17.8 Å².